The van der Waals surface area contributed by atoms with Crippen molar-refractivity contribution in [2.24, 2.45) is 0 Å². The van der Waals surface area contributed by atoms with Crippen molar-refractivity contribution in [3.63, 3.8) is 0 Å². The number of allylic oxidation sites excluding steroid dienone is 5. The predicted molar refractivity (Wildman–Crippen MR) is 117 cm³/mol. The number of rotatable bonds is 9. The van der Waals surface area contributed by atoms with Gasteiger partial charge in [-0.2, -0.15) is 0 Å². The van der Waals surface area contributed by atoms with Crippen molar-refractivity contribution < 1.29 is 23.4 Å². The van der Waals surface area contributed by atoms with Gasteiger partial charge in [-0.1, -0.05) is 45.9 Å². The molecule has 30 heavy (non-hydrogen) atoms. The van der Waals surface area contributed by atoms with E-state index in [1.807, 2.05) is 19.9 Å². The van der Waals surface area contributed by atoms with E-state index in [-0.39, 0.29) is 5.92 Å². The molecule has 0 aromatic heterocycles. The van der Waals surface area contributed by atoms with Crippen LogP contribution in [-0.2, 0) is 4.79 Å². The van der Waals surface area contributed by atoms with Gasteiger partial charge in [-0.3, -0.25) is 0 Å². The molecule has 5 heteroatoms. The lowest BCUT2D eigenvalue weighted by Crippen LogP contribution is -2.11. The summed E-state index contributed by atoms with van der Waals surface area (Å²) in [6.45, 7) is 9.43. The van der Waals surface area contributed by atoms with Crippen LogP contribution in [0.1, 0.15) is 82.4 Å². The van der Waals surface area contributed by atoms with Crippen LogP contribution in [0.3, 0.4) is 0 Å². The Balaban J connectivity index is 2.63. The molecule has 1 aliphatic carbocycles. The SMILES string of the molecule is CC(C=CC1=C(c2cc(C(C)C)cc(C(C)C)c2OCC(F)F)CCC1)=CC(=O)O. The van der Waals surface area contributed by atoms with Crippen LogP contribution in [0.4, 0.5) is 8.78 Å². The number of benzene rings is 1. The molecule has 1 aromatic carbocycles. The molecule has 0 unspecified atom stereocenters. The third-order valence-electron chi connectivity index (χ3n) is 5.27. The number of ether oxygens (including phenoxy) is 1. The second-order valence-electron chi connectivity index (χ2n) is 8.42. The molecule has 0 bridgehead atoms. The number of carboxylic acids is 1. The van der Waals surface area contributed by atoms with Crippen LogP contribution in [0.5, 0.6) is 5.75 Å². The molecule has 1 aliphatic rings. The van der Waals surface area contributed by atoms with E-state index in [2.05, 4.69) is 26.0 Å². The average Bonchev–Trinajstić information content (AvgIpc) is 3.11. The summed E-state index contributed by atoms with van der Waals surface area (Å²) in [5.74, 6) is 0.00553. The van der Waals surface area contributed by atoms with Crippen molar-refractivity contribution in [1.82, 2.24) is 0 Å². The van der Waals surface area contributed by atoms with Gasteiger partial charge in [-0.05, 0) is 71.9 Å². The fraction of sp³-hybridized carbons (Fsp3) is 0.480. The Bertz CT molecular complexity index is 861. The molecule has 0 radical (unpaired) electrons. The number of carboxylic acid groups (broad SMARTS) is 1. The van der Waals surface area contributed by atoms with Crippen LogP contribution in [0.15, 0.2) is 41.5 Å². The van der Waals surface area contributed by atoms with Crippen molar-refractivity contribution in [3.05, 3.63) is 58.2 Å². The van der Waals surface area contributed by atoms with Gasteiger partial charge in [0.15, 0.2) is 0 Å². The molecule has 0 saturated carbocycles. The maximum Gasteiger partial charge on any atom is 0.328 e. The number of carbonyl (C=O) groups is 1. The number of halogens is 2. The average molecular weight is 419 g/mol. The van der Waals surface area contributed by atoms with Gasteiger partial charge in [0, 0.05) is 11.6 Å². The molecule has 1 aromatic rings. The summed E-state index contributed by atoms with van der Waals surface area (Å²) in [6.07, 6.45) is 5.04. The van der Waals surface area contributed by atoms with E-state index in [4.69, 9.17) is 9.84 Å². The molecule has 164 valence electrons. The highest BCUT2D eigenvalue weighted by atomic mass is 19.3. The quantitative estimate of drug-likeness (QED) is 0.344. The standard InChI is InChI=1S/C25H32F2O3/c1-15(2)19-12-21(16(3)4)25(30-14-23(26)27)22(13-19)20-8-6-7-18(20)10-9-17(5)11-24(28)29/h9-13,15-16,23H,6-8,14H2,1-5H3,(H,28,29). The van der Waals surface area contributed by atoms with Gasteiger partial charge in [-0.15, -0.1) is 0 Å². The summed E-state index contributed by atoms with van der Waals surface area (Å²) in [5, 5.41) is 8.91. The maximum absolute atomic E-state index is 13.0. The van der Waals surface area contributed by atoms with Crippen molar-refractivity contribution >= 4 is 11.5 Å². The summed E-state index contributed by atoms with van der Waals surface area (Å²) in [4.78, 5) is 10.9. The number of aliphatic carboxylic acids is 1. The van der Waals surface area contributed by atoms with Crippen LogP contribution in [-0.4, -0.2) is 24.1 Å². The Morgan fingerprint density at radius 2 is 1.87 bits per heavy atom. The fourth-order valence-electron chi connectivity index (χ4n) is 3.70. The van der Waals surface area contributed by atoms with Crippen LogP contribution in [0.2, 0.25) is 0 Å². The number of hydrogen-bond acceptors (Lipinski definition) is 2. The van der Waals surface area contributed by atoms with Gasteiger partial charge >= 0.3 is 5.97 Å². The van der Waals surface area contributed by atoms with E-state index >= 15 is 0 Å². The molecule has 0 aliphatic heterocycles. The second-order valence-corrected chi connectivity index (χ2v) is 8.42. The molecular weight excluding hydrogens is 386 g/mol. The molecule has 0 fully saturated rings. The normalized spacial score (nSPS) is 15.3. The zero-order valence-corrected chi connectivity index (χ0v) is 18.5. The third-order valence-corrected chi connectivity index (χ3v) is 5.27. The molecular formula is C25H32F2O3. The molecule has 0 heterocycles. The van der Waals surface area contributed by atoms with Crippen molar-refractivity contribution in [2.45, 2.75) is 72.1 Å². The summed E-state index contributed by atoms with van der Waals surface area (Å²) in [7, 11) is 0. The minimum Gasteiger partial charge on any atom is -0.487 e. The smallest absolute Gasteiger partial charge is 0.328 e. The van der Waals surface area contributed by atoms with E-state index in [0.717, 1.165) is 47.1 Å². The Morgan fingerprint density at radius 1 is 1.17 bits per heavy atom. The van der Waals surface area contributed by atoms with Gasteiger partial charge < -0.3 is 9.84 Å². The zero-order valence-electron chi connectivity index (χ0n) is 18.5. The van der Waals surface area contributed by atoms with Gasteiger partial charge in [0.1, 0.15) is 12.4 Å². The summed E-state index contributed by atoms with van der Waals surface area (Å²) in [5.41, 5.74) is 5.84. The minimum atomic E-state index is -2.54. The summed E-state index contributed by atoms with van der Waals surface area (Å²) >= 11 is 0. The second kappa shape index (κ2) is 10.6. The van der Waals surface area contributed by atoms with Gasteiger partial charge in [-0.25, -0.2) is 13.6 Å². The van der Waals surface area contributed by atoms with E-state index < -0.39 is 19.0 Å². The minimum absolute atomic E-state index is 0.136. The third kappa shape index (κ3) is 6.28. The van der Waals surface area contributed by atoms with Crippen molar-refractivity contribution in [2.75, 3.05) is 6.61 Å². The first-order valence-electron chi connectivity index (χ1n) is 10.5. The highest BCUT2D eigenvalue weighted by molar-refractivity contribution is 5.81. The Kier molecular flexibility index (Phi) is 8.39. The first-order valence-corrected chi connectivity index (χ1v) is 10.5. The number of hydrogen-bond donors (Lipinski definition) is 1. The van der Waals surface area contributed by atoms with Crippen LogP contribution in [0, 0.1) is 0 Å². The van der Waals surface area contributed by atoms with E-state index in [9.17, 15) is 13.6 Å². The molecule has 3 nitrogen and oxygen atoms in total. The van der Waals surface area contributed by atoms with Gasteiger partial charge in [0.05, 0.1) is 0 Å². The first kappa shape index (κ1) is 23.8. The molecule has 0 amide bonds. The Hall–Kier alpha value is -2.43. The van der Waals surface area contributed by atoms with Crippen LogP contribution >= 0.6 is 0 Å². The summed E-state index contributed by atoms with van der Waals surface area (Å²) < 4.78 is 31.6. The zero-order chi connectivity index (χ0) is 22.4. The van der Waals surface area contributed by atoms with Crippen LogP contribution < -0.4 is 4.74 Å². The highest BCUT2D eigenvalue weighted by Gasteiger charge is 2.23. The molecule has 1 N–H and O–H groups in total. The van der Waals surface area contributed by atoms with E-state index in [1.54, 1.807) is 13.0 Å². The predicted octanol–water partition coefficient (Wildman–Crippen LogP) is 7.10. The lowest BCUT2D eigenvalue weighted by Gasteiger charge is -2.22. The highest BCUT2D eigenvalue weighted by Crippen LogP contribution is 2.43. The Morgan fingerprint density at radius 3 is 2.43 bits per heavy atom. The van der Waals surface area contributed by atoms with E-state index in [0.29, 0.717) is 17.2 Å². The number of alkyl halides is 2. The van der Waals surface area contributed by atoms with Crippen molar-refractivity contribution in [1.29, 1.82) is 0 Å². The first-order chi connectivity index (χ1) is 14.1. The van der Waals surface area contributed by atoms with Gasteiger partial charge in [0.2, 0.25) is 0 Å². The lowest BCUT2D eigenvalue weighted by molar-refractivity contribution is -0.131. The molecule has 0 saturated heterocycles. The topological polar surface area (TPSA) is 46.5 Å². The van der Waals surface area contributed by atoms with Crippen molar-refractivity contribution in [3.8, 4) is 5.75 Å². The lowest BCUT2D eigenvalue weighted by atomic mass is 9.88. The van der Waals surface area contributed by atoms with Gasteiger partial charge in [0.25, 0.3) is 6.43 Å². The maximum atomic E-state index is 13.0. The monoisotopic (exact) mass is 418 g/mol. The molecule has 0 spiro atoms. The Labute approximate surface area is 178 Å². The largest absolute Gasteiger partial charge is 0.487 e. The summed E-state index contributed by atoms with van der Waals surface area (Å²) in [6, 6.07) is 4.15. The molecule has 2 rings (SSSR count). The van der Waals surface area contributed by atoms with Crippen LogP contribution in [0.25, 0.3) is 5.57 Å². The van der Waals surface area contributed by atoms with E-state index in [1.165, 1.54) is 6.08 Å². The fourth-order valence-corrected chi connectivity index (χ4v) is 3.70. The molecule has 0 atom stereocenters.